The molecule has 1 saturated heterocycles. The van der Waals surface area contributed by atoms with E-state index in [0.717, 1.165) is 17.1 Å². The Kier molecular flexibility index (Phi) is 5.05. The SMILES string of the molecule is COc1ccc(NC(=O)N2CCN(c3ccccc3C#N)CC2)cc1. The number of nitriles is 1. The Labute approximate surface area is 147 Å². The molecule has 1 heterocycles. The maximum absolute atomic E-state index is 12.4. The zero-order valence-electron chi connectivity index (χ0n) is 14.1. The van der Waals surface area contributed by atoms with E-state index in [1.165, 1.54) is 0 Å². The van der Waals surface area contributed by atoms with Crippen LogP contribution in [0.25, 0.3) is 0 Å². The minimum Gasteiger partial charge on any atom is -0.497 e. The first-order valence-electron chi connectivity index (χ1n) is 8.15. The van der Waals surface area contributed by atoms with Gasteiger partial charge in [-0.25, -0.2) is 4.79 Å². The van der Waals surface area contributed by atoms with Gasteiger partial charge in [0.05, 0.1) is 18.4 Å². The van der Waals surface area contributed by atoms with Gasteiger partial charge in [-0.2, -0.15) is 5.26 Å². The molecule has 1 N–H and O–H groups in total. The Balaban J connectivity index is 1.58. The summed E-state index contributed by atoms with van der Waals surface area (Å²) in [5.74, 6) is 0.753. The maximum Gasteiger partial charge on any atom is 0.321 e. The van der Waals surface area contributed by atoms with Gasteiger partial charge in [-0.3, -0.25) is 0 Å². The molecule has 2 amide bonds. The average molecular weight is 336 g/mol. The summed E-state index contributed by atoms with van der Waals surface area (Å²) in [5.41, 5.74) is 2.34. The summed E-state index contributed by atoms with van der Waals surface area (Å²) in [4.78, 5) is 16.3. The second-order valence-corrected chi connectivity index (χ2v) is 5.76. The van der Waals surface area contributed by atoms with Crippen molar-refractivity contribution in [2.75, 3.05) is 43.5 Å². The van der Waals surface area contributed by atoms with Crippen molar-refractivity contribution in [3.63, 3.8) is 0 Å². The molecule has 128 valence electrons. The fourth-order valence-corrected chi connectivity index (χ4v) is 2.87. The smallest absolute Gasteiger partial charge is 0.321 e. The highest BCUT2D eigenvalue weighted by atomic mass is 16.5. The van der Waals surface area contributed by atoms with Gasteiger partial charge < -0.3 is 19.9 Å². The molecule has 0 aliphatic carbocycles. The largest absolute Gasteiger partial charge is 0.497 e. The predicted octanol–water partition coefficient (Wildman–Crippen LogP) is 2.92. The number of hydrogen-bond donors (Lipinski definition) is 1. The highest BCUT2D eigenvalue weighted by molar-refractivity contribution is 5.89. The number of carbonyl (C=O) groups excluding carboxylic acids is 1. The molecule has 6 nitrogen and oxygen atoms in total. The highest BCUT2D eigenvalue weighted by Crippen LogP contribution is 2.21. The van der Waals surface area contributed by atoms with Gasteiger partial charge >= 0.3 is 6.03 Å². The number of methoxy groups -OCH3 is 1. The Hall–Kier alpha value is -3.20. The third-order valence-corrected chi connectivity index (χ3v) is 4.27. The van der Waals surface area contributed by atoms with Crippen LogP contribution in [-0.4, -0.2) is 44.2 Å². The number of ether oxygens (including phenoxy) is 1. The molecule has 1 fully saturated rings. The third-order valence-electron chi connectivity index (χ3n) is 4.27. The Bertz CT molecular complexity index is 775. The van der Waals surface area contributed by atoms with Gasteiger partial charge in [0.25, 0.3) is 0 Å². The normalized spacial score (nSPS) is 13.9. The number of hydrogen-bond acceptors (Lipinski definition) is 4. The molecule has 1 aliphatic rings. The fourth-order valence-electron chi connectivity index (χ4n) is 2.87. The van der Waals surface area contributed by atoms with E-state index in [4.69, 9.17) is 4.74 Å². The highest BCUT2D eigenvalue weighted by Gasteiger charge is 2.22. The summed E-state index contributed by atoms with van der Waals surface area (Å²) in [6.07, 6.45) is 0. The van der Waals surface area contributed by atoms with Crippen molar-refractivity contribution in [3.05, 3.63) is 54.1 Å². The van der Waals surface area contributed by atoms with E-state index < -0.39 is 0 Å². The summed E-state index contributed by atoms with van der Waals surface area (Å²) < 4.78 is 5.11. The minimum atomic E-state index is -0.113. The number of amides is 2. The quantitative estimate of drug-likeness (QED) is 0.936. The lowest BCUT2D eigenvalue weighted by molar-refractivity contribution is 0.208. The van der Waals surface area contributed by atoms with Gasteiger partial charge in [0, 0.05) is 31.9 Å². The van der Waals surface area contributed by atoms with E-state index in [1.807, 2.05) is 48.5 Å². The van der Waals surface area contributed by atoms with Crippen LogP contribution in [0.1, 0.15) is 5.56 Å². The van der Waals surface area contributed by atoms with Crippen LogP contribution in [0.3, 0.4) is 0 Å². The van der Waals surface area contributed by atoms with Crippen LogP contribution in [-0.2, 0) is 0 Å². The van der Waals surface area contributed by atoms with Crippen molar-refractivity contribution >= 4 is 17.4 Å². The summed E-state index contributed by atoms with van der Waals surface area (Å²) in [7, 11) is 1.61. The van der Waals surface area contributed by atoms with E-state index >= 15 is 0 Å². The van der Waals surface area contributed by atoms with Crippen LogP contribution in [0, 0.1) is 11.3 Å². The van der Waals surface area contributed by atoms with E-state index in [1.54, 1.807) is 12.0 Å². The Morgan fingerprint density at radius 3 is 2.40 bits per heavy atom. The zero-order valence-corrected chi connectivity index (χ0v) is 14.1. The first-order chi connectivity index (χ1) is 12.2. The van der Waals surface area contributed by atoms with Crippen LogP contribution in [0.2, 0.25) is 0 Å². The number of nitrogens with one attached hydrogen (secondary N) is 1. The minimum absolute atomic E-state index is 0.113. The lowest BCUT2D eigenvalue weighted by Crippen LogP contribution is -2.50. The third kappa shape index (κ3) is 3.83. The lowest BCUT2D eigenvalue weighted by atomic mass is 10.1. The van der Waals surface area contributed by atoms with Gasteiger partial charge in [-0.15, -0.1) is 0 Å². The fraction of sp³-hybridized carbons (Fsp3) is 0.263. The first kappa shape index (κ1) is 16.7. The zero-order chi connectivity index (χ0) is 17.6. The van der Waals surface area contributed by atoms with Gasteiger partial charge in [-0.05, 0) is 36.4 Å². The molecule has 2 aromatic carbocycles. The summed E-state index contributed by atoms with van der Waals surface area (Å²) in [5, 5.41) is 12.1. The molecule has 0 saturated carbocycles. The molecule has 1 aliphatic heterocycles. The van der Waals surface area contributed by atoms with Crippen molar-refractivity contribution in [3.8, 4) is 11.8 Å². The molecule has 2 aromatic rings. The van der Waals surface area contributed by atoms with Crippen molar-refractivity contribution in [2.24, 2.45) is 0 Å². The second kappa shape index (κ2) is 7.58. The number of carbonyl (C=O) groups is 1. The number of anilines is 2. The number of nitrogens with zero attached hydrogens (tertiary/aromatic N) is 3. The molecular formula is C19H20N4O2. The lowest BCUT2D eigenvalue weighted by Gasteiger charge is -2.36. The van der Waals surface area contributed by atoms with Crippen LogP contribution in [0.4, 0.5) is 16.2 Å². The van der Waals surface area contributed by atoms with Crippen molar-refractivity contribution in [1.82, 2.24) is 4.90 Å². The Morgan fingerprint density at radius 2 is 1.76 bits per heavy atom. The van der Waals surface area contributed by atoms with Crippen molar-refractivity contribution in [2.45, 2.75) is 0 Å². The number of rotatable bonds is 3. The molecule has 0 unspecified atom stereocenters. The summed E-state index contributed by atoms with van der Waals surface area (Å²) >= 11 is 0. The Morgan fingerprint density at radius 1 is 1.08 bits per heavy atom. The van der Waals surface area contributed by atoms with Crippen molar-refractivity contribution < 1.29 is 9.53 Å². The second-order valence-electron chi connectivity index (χ2n) is 5.76. The van der Waals surface area contributed by atoms with Gasteiger partial charge in [-0.1, -0.05) is 12.1 Å². The van der Waals surface area contributed by atoms with Crippen LogP contribution in [0.5, 0.6) is 5.75 Å². The number of benzene rings is 2. The molecule has 0 aromatic heterocycles. The topological polar surface area (TPSA) is 68.6 Å². The molecular weight excluding hydrogens is 316 g/mol. The van der Waals surface area contributed by atoms with Gasteiger partial charge in [0.1, 0.15) is 11.8 Å². The van der Waals surface area contributed by atoms with Gasteiger partial charge in [0.15, 0.2) is 0 Å². The predicted molar refractivity (Wildman–Crippen MR) is 97.0 cm³/mol. The molecule has 0 atom stereocenters. The monoisotopic (exact) mass is 336 g/mol. The van der Waals surface area contributed by atoms with Crippen LogP contribution in [0.15, 0.2) is 48.5 Å². The van der Waals surface area contributed by atoms with E-state index in [-0.39, 0.29) is 6.03 Å². The molecule has 25 heavy (non-hydrogen) atoms. The molecule has 0 spiro atoms. The molecule has 3 rings (SSSR count). The van der Waals surface area contributed by atoms with Gasteiger partial charge in [0.2, 0.25) is 0 Å². The van der Waals surface area contributed by atoms with Crippen LogP contribution >= 0.6 is 0 Å². The van der Waals surface area contributed by atoms with E-state index in [9.17, 15) is 10.1 Å². The number of urea groups is 1. The maximum atomic E-state index is 12.4. The van der Waals surface area contributed by atoms with E-state index in [2.05, 4.69) is 16.3 Å². The molecule has 0 bridgehead atoms. The molecule has 6 heteroatoms. The first-order valence-corrected chi connectivity index (χ1v) is 8.15. The van der Waals surface area contributed by atoms with E-state index in [0.29, 0.717) is 31.7 Å². The summed E-state index contributed by atoms with van der Waals surface area (Å²) in [6.45, 7) is 2.63. The number of para-hydroxylation sites is 1. The number of piperazine rings is 1. The van der Waals surface area contributed by atoms with Crippen molar-refractivity contribution in [1.29, 1.82) is 5.26 Å². The summed E-state index contributed by atoms with van der Waals surface area (Å²) in [6, 6.07) is 16.9. The standard InChI is InChI=1S/C19H20N4O2/c1-25-17-8-6-16(7-9-17)21-19(24)23-12-10-22(11-13-23)18-5-3-2-4-15(18)14-20/h2-9H,10-13H2,1H3,(H,21,24). The average Bonchev–Trinajstić information content (AvgIpc) is 2.68. The van der Waals surface area contributed by atoms with Crippen LogP contribution < -0.4 is 15.0 Å². The molecule has 0 radical (unpaired) electrons.